The lowest BCUT2D eigenvalue weighted by Crippen LogP contribution is -1.98. The van der Waals surface area contributed by atoms with Crippen molar-refractivity contribution in [2.24, 2.45) is 0 Å². The van der Waals surface area contributed by atoms with E-state index >= 15 is 0 Å². The Labute approximate surface area is 124 Å². The number of thioether (sulfide) groups is 1. The van der Waals surface area contributed by atoms with E-state index in [0.717, 1.165) is 11.6 Å². The van der Waals surface area contributed by atoms with Crippen LogP contribution in [0.4, 0.5) is 5.82 Å². The number of benzene rings is 1. The van der Waals surface area contributed by atoms with Gasteiger partial charge in [0, 0.05) is 16.7 Å². The molecule has 94 valence electrons. The lowest BCUT2D eigenvalue weighted by Gasteiger charge is -2.08. The van der Waals surface area contributed by atoms with E-state index in [1.54, 1.807) is 6.07 Å². The van der Waals surface area contributed by atoms with Crippen LogP contribution in [0.1, 0.15) is 0 Å². The molecule has 0 spiro atoms. The quantitative estimate of drug-likeness (QED) is 0.504. The predicted molar refractivity (Wildman–Crippen MR) is 82.6 cm³/mol. The number of nitrogens with one attached hydrogen (secondary N) is 1. The molecule has 0 saturated carbocycles. The van der Waals surface area contributed by atoms with Crippen LogP contribution in [-0.2, 0) is 0 Å². The molecule has 0 saturated heterocycles. The molecule has 0 atom stereocenters. The first kappa shape index (κ1) is 13.4. The topological polar surface area (TPSA) is 47.0 Å². The minimum absolute atomic E-state index is 0.542. The molecule has 2 rings (SSSR count). The molecule has 18 heavy (non-hydrogen) atoms. The van der Waals surface area contributed by atoms with Gasteiger partial charge in [0.1, 0.15) is 11.6 Å². The van der Waals surface area contributed by atoms with Crippen molar-refractivity contribution in [2.45, 2.75) is 5.16 Å². The van der Waals surface area contributed by atoms with Gasteiger partial charge in [-0.3, -0.25) is 0 Å². The van der Waals surface area contributed by atoms with Crippen LogP contribution < -0.4 is 10.1 Å². The molecule has 0 bridgehead atoms. The average Bonchev–Trinajstić information content (AvgIpc) is 2.41. The van der Waals surface area contributed by atoms with Crippen molar-refractivity contribution in [3.63, 3.8) is 0 Å². The van der Waals surface area contributed by atoms with Crippen molar-refractivity contribution in [3.8, 4) is 11.6 Å². The van der Waals surface area contributed by atoms with Gasteiger partial charge in [-0.2, -0.15) is 4.98 Å². The summed E-state index contributed by atoms with van der Waals surface area (Å²) >= 11 is 3.74. The Morgan fingerprint density at radius 1 is 1.22 bits per heavy atom. The molecule has 1 aromatic heterocycles. The number of hydrogen-bond acceptors (Lipinski definition) is 5. The summed E-state index contributed by atoms with van der Waals surface area (Å²) in [5.74, 6) is 2.05. The van der Waals surface area contributed by atoms with Crippen LogP contribution in [-0.4, -0.2) is 23.3 Å². The highest BCUT2D eigenvalue weighted by atomic mass is 127. The average molecular weight is 373 g/mol. The van der Waals surface area contributed by atoms with Crippen molar-refractivity contribution in [2.75, 3.05) is 18.6 Å². The highest BCUT2D eigenvalue weighted by molar-refractivity contribution is 14.1. The first-order valence-corrected chi connectivity index (χ1v) is 7.56. The van der Waals surface area contributed by atoms with E-state index in [4.69, 9.17) is 4.74 Å². The van der Waals surface area contributed by atoms with Crippen LogP contribution in [0.2, 0.25) is 0 Å². The molecule has 0 fully saturated rings. The molecule has 0 aliphatic heterocycles. The molecule has 2 aromatic rings. The fourth-order valence-electron chi connectivity index (χ4n) is 1.30. The minimum atomic E-state index is 0.542. The van der Waals surface area contributed by atoms with Gasteiger partial charge >= 0.3 is 0 Å². The van der Waals surface area contributed by atoms with Gasteiger partial charge in [-0.05, 0) is 53.1 Å². The molecule has 0 amide bonds. The number of anilines is 1. The van der Waals surface area contributed by atoms with Crippen LogP contribution in [0.25, 0.3) is 0 Å². The van der Waals surface area contributed by atoms with Gasteiger partial charge in [-0.15, -0.1) is 0 Å². The summed E-state index contributed by atoms with van der Waals surface area (Å²) in [6, 6.07) is 9.60. The Bertz CT molecular complexity index is 511. The lowest BCUT2D eigenvalue weighted by atomic mass is 10.3. The molecule has 6 heteroatoms. The van der Waals surface area contributed by atoms with Gasteiger partial charge in [-0.25, -0.2) is 4.98 Å². The Morgan fingerprint density at radius 2 is 1.94 bits per heavy atom. The molecular formula is C12H12IN3OS. The zero-order valence-electron chi connectivity index (χ0n) is 9.98. The van der Waals surface area contributed by atoms with Crippen LogP contribution in [0.15, 0.2) is 35.5 Å². The van der Waals surface area contributed by atoms with E-state index in [2.05, 4.69) is 37.9 Å². The van der Waals surface area contributed by atoms with E-state index in [9.17, 15) is 0 Å². The Balaban J connectivity index is 2.25. The number of ether oxygens (including phenoxy) is 1. The van der Waals surface area contributed by atoms with Crippen LogP contribution in [0.5, 0.6) is 11.6 Å². The molecule has 0 unspecified atom stereocenters. The molecular weight excluding hydrogens is 361 g/mol. The van der Waals surface area contributed by atoms with E-state index in [0.29, 0.717) is 11.0 Å². The monoisotopic (exact) mass is 373 g/mol. The summed E-state index contributed by atoms with van der Waals surface area (Å²) in [6.45, 7) is 0. The molecule has 1 N–H and O–H groups in total. The smallest absolute Gasteiger partial charge is 0.225 e. The Kier molecular flexibility index (Phi) is 4.65. The summed E-state index contributed by atoms with van der Waals surface area (Å²) in [5.41, 5.74) is 0. The minimum Gasteiger partial charge on any atom is -0.439 e. The number of aromatic nitrogens is 2. The molecule has 4 nitrogen and oxygen atoms in total. The number of hydrogen-bond donors (Lipinski definition) is 1. The second-order valence-electron chi connectivity index (χ2n) is 3.38. The molecule has 0 aliphatic carbocycles. The third-order valence-corrected chi connectivity index (χ3v) is 3.42. The van der Waals surface area contributed by atoms with Gasteiger partial charge in [0.05, 0.1) is 0 Å². The second kappa shape index (κ2) is 6.24. The fourth-order valence-corrected chi connectivity index (χ4v) is 2.03. The van der Waals surface area contributed by atoms with Gasteiger partial charge in [0.15, 0.2) is 5.16 Å². The number of rotatable bonds is 4. The normalized spacial score (nSPS) is 10.2. The SMILES string of the molecule is CNc1cc(Oc2ccc(I)cc2)nc(SC)n1. The zero-order chi connectivity index (χ0) is 13.0. The molecule has 0 aliphatic rings. The maximum atomic E-state index is 5.71. The highest BCUT2D eigenvalue weighted by Crippen LogP contribution is 2.24. The summed E-state index contributed by atoms with van der Waals surface area (Å²) < 4.78 is 6.88. The zero-order valence-corrected chi connectivity index (χ0v) is 12.9. The van der Waals surface area contributed by atoms with E-state index in [1.807, 2.05) is 37.6 Å². The van der Waals surface area contributed by atoms with Gasteiger partial charge in [-0.1, -0.05) is 11.8 Å². The highest BCUT2D eigenvalue weighted by Gasteiger charge is 2.05. The lowest BCUT2D eigenvalue weighted by molar-refractivity contribution is 0.456. The molecule has 1 aromatic carbocycles. The molecule has 1 heterocycles. The van der Waals surface area contributed by atoms with Crippen molar-refractivity contribution >= 4 is 40.2 Å². The first-order chi connectivity index (χ1) is 8.71. The van der Waals surface area contributed by atoms with Crippen LogP contribution in [0.3, 0.4) is 0 Å². The predicted octanol–water partition coefficient (Wildman–Crippen LogP) is 3.64. The van der Waals surface area contributed by atoms with Crippen LogP contribution in [0, 0.1) is 3.57 Å². The fraction of sp³-hybridized carbons (Fsp3) is 0.167. The summed E-state index contributed by atoms with van der Waals surface area (Å²) in [7, 11) is 1.82. The Hall–Kier alpha value is -1.02. The van der Waals surface area contributed by atoms with Gasteiger partial charge < -0.3 is 10.1 Å². The van der Waals surface area contributed by atoms with Crippen LogP contribution >= 0.6 is 34.4 Å². The third kappa shape index (κ3) is 3.49. The Morgan fingerprint density at radius 3 is 2.56 bits per heavy atom. The van der Waals surface area contributed by atoms with E-state index in [1.165, 1.54) is 15.3 Å². The van der Waals surface area contributed by atoms with Gasteiger partial charge in [0.2, 0.25) is 5.88 Å². The molecule has 0 radical (unpaired) electrons. The summed E-state index contributed by atoms with van der Waals surface area (Å²) in [4.78, 5) is 8.59. The third-order valence-electron chi connectivity index (χ3n) is 2.16. The van der Waals surface area contributed by atoms with Crippen molar-refractivity contribution in [1.29, 1.82) is 0 Å². The first-order valence-electron chi connectivity index (χ1n) is 5.25. The summed E-state index contributed by atoms with van der Waals surface area (Å²) in [5, 5.41) is 3.67. The van der Waals surface area contributed by atoms with Crippen molar-refractivity contribution in [3.05, 3.63) is 33.9 Å². The maximum absolute atomic E-state index is 5.71. The number of nitrogens with zero attached hydrogens (tertiary/aromatic N) is 2. The standard InChI is InChI=1S/C12H12IN3OS/c1-14-10-7-11(16-12(15-10)18-2)17-9-5-3-8(13)4-6-9/h3-7H,1-2H3,(H,14,15,16). The van der Waals surface area contributed by atoms with E-state index < -0.39 is 0 Å². The van der Waals surface area contributed by atoms with E-state index in [-0.39, 0.29) is 0 Å². The summed E-state index contributed by atoms with van der Waals surface area (Å²) in [6.07, 6.45) is 1.93. The largest absolute Gasteiger partial charge is 0.439 e. The second-order valence-corrected chi connectivity index (χ2v) is 5.40. The number of halogens is 1. The van der Waals surface area contributed by atoms with Crippen molar-refractivity contribution < 1.29 is 4.74 Å². The van der Waals surface area contributed by atoms with Crippen molar-refractivity contribution in [1.82, 2.24) is 9.97 Å². The van der Waals surface area contributed by atoms with Gasteiger partial charge in [0.25, 0.3) is 0 Å². The maximum Gasteiger partial charge on any atom is 0.225 e.